The maximum absolute atomic E-state index is 11.7. The van der Waals surface area contributed by atoms with E-state index < -0.39 is 19.9 Å². The summed E-state index contributed by atoms with van der Waals surface area (Å²) in [5.41, 5.74) is 0.614. The molecule has 1 aliphatic rings. The lowest BCUT2D eigenvalue weighted by Gasteiger charge is -2.24. The second-order valence-corrected chi connectivity index (χ2v) is 8.95. The van der Waals surface area contributed by atoms with Crippen LogP contribution in [0.2, 0.25) is 0 Å². The summed E-state index contributed by atoms with van der Waals surface area (Å²) in [6.07, 6.45) is 1.40. The first-order valence-electron chi connectivity index (χ1n) is 6.33. The van der Waals surface area contributed by atoms with Crippen LogP contribution in [0.4, 0.5) is 5.69 Å². The predicted molar refractivity (Wildman–Crippen MR) is 78.0 cm³/mol. The van der Waals surface area contributed by atoms with Crippen molar-refractivity contribution in [2.24, 2.45) is 0 Å². The lowest BCUT2D eigenvalue weighted by molar-refractivity contribution is 0.561. The fraction of sp³-hybridized carbons (Fsp3) is 0.500. The quantitative estimate of drug-likeness (QED) is 0.847. The molecule has 8 heteroatoms. The number of nitrogens with one attached hydrogen (secondary N) is 2. The van der Waals surface area contributed by atoms with Crippen LogP contribution in [-0.4, -0.2) is 41.4 Å². The van der Waals surface area contributed by atoms with E-state index in [1.54, 1.807) is 12.1 Å². The number of anilines is 1. The first-order valence-corrected chi connectivity index (χ1v) is 9.63. The molecule has 0 bridgehead atoms. The molecule has 1 atom stereocenters. The van der Waals surface area contributed by atoms with E-state index >= 15 is 0 Å². The average molecular weight is 318 g/mol. The zero-order valence-electron chi connectivity index (χ0n) is 11.2. The van der Waals surface area contributed by atoms with Crippen molar-refractivity contribution in [3.8, 4) is 0 Å². The zero-order chi connectivity index (χ0) is 14.8. The van der Waals surface area contributed by atoms with Crippen LogP contribution in [0, 0.1) is 0 Å². The third kappa shape index (κ3) is 3.71. The SMILES string of the molecule is CNS(=O)(=O)c1cccc(NC2CCCS(=O)(=O)C2)c1. The van der Waals surface area contributed by atoms with Gasteiger partial charge in [-0.3, -0.25) is 0 Å². The van der Waals surface area contributed by atoms with Crippen LogP contribution in [0.25, 0.3) is 0 Å². The molecule has 0 amide bonds. The average Bonchev–Trinajstić information content (AvgIpc) is 2.38. The Bertz CT molecular complexity index is 683. The fourth-order valence-corrected chi connectivity index (χ4v) is 4.66. The van der Waals surface area contributed by atoms with Gasteiger partial charge >= 0.3 is 0 Å². The molecule has 112 valence electrons. The number of hydrogen-bond acceptors (Lipinski definition) is 5. The van der Waals surface area contributed by atoms with Gasteiger partial charge in [-0.05, 0) is 38.1 Å². The molecule has 1 aliphatic heterocycles. The molecular formula is C12H18N2O4S2. The zero-order valence-corrected chi connectivity index (χ0v) is 12.8. The molecule has 6 nitrogen and oxygen atoms in total. The molecular weight excluding hydrogens is 300 g/mol. The van der Waals surface area contributed by atoms with Crippen molar-refractivity contribution in [3.05, 3.63) is 24.3 Å². The molecule has 0 saturated carbocycles. The summed E-state index contributed by atoms with van der Waals surface area (Å²) in [5.74, 6) is 0.329. The van der Waals surface area contributed by atoms with Crippen molar-refractivity contribution >= 4 is 25.5 Å². The van der Waals surface area contributed by atoms with E-state index in [9.17, 15) is 16.8 Å². The smallest absolute Gasteiger partial charge is 0.240 e. The number of sulfonamides is 1. The lowest BCUT2D eigenvalue weighted by atomic mass is 10.2. The molecule has 1 unspecified atom stereocenters. The molecule has 1 aromatic rings. The second-order valence-electron chi connectivity index (χ2n) is 4.83. The molecule has 20 heavy (non-hydrogen) atoms. The Balaban J connectivity index is 2.17. The highest BCUT2D eigenvalue weighted by Crippen LogP contribution is 2.20. The maximum atomic E-state index is 11.7. The molecule has 0 aliphatic carbocycles. The van der Waals surface area contributed by atoms with Crippen molar-refractivity contribution in [3.63, 3.8) is 0 Å². The van der Waals surface area contributed by atoms with Crippen LogP contribution in [-0.2, 0) is 19.9 Å². The number of rotatable bonds is 4. The molecule has 0 aromatic heterocycles. The minimum absolute atomic E-state index is 0.0933. The molecule has 1 heterocycles. The van der Waals surface area contributed by atoms with Crippen LogP contribution in [0.15, 0.2) is 29.2 Å². The highest BCUT2D eigenvalue weighted by Gasteiger charge is 2.24. The molecule has 2 rings (SSSR count). The van der Waals surface area contributed by atoms with E-state index in [0.29, 0.717) is 12.1 Å². The third-order valence-electron chi connectivity index (χ3n) is 3.25. The third-order valence-corrected chi connectivity index (χ3v) is 6.48. The summed E-state index contributed by atoms with van der Waals surface area (Å²) in [6, 6.07) is 6.20. The minimum atomic E-state index is -3.49. The fourth-order valence-electron chi connectivity index (χ4n) is 2.24. The summed E-state index contributed by atoms with van der Waals surface area (Å²) in [5, 5.41) is 3.10. The van der Waals surface area contributed by atoms with Gasteiger partial charge in [-0.15, -0.1) is 0 Å². The highest BCUT2D eigenvalue weighted by atomic mass is 32.2. The summed E-state index contributed by atoms with van der Waals surface area (Å²) >= 11 is 0. The predicted octanol–water partition coefficient (Wildman–Crippen LogP) is 0.584. The summed E-state index contributed by atoms with van der Waals surface area (Å²) in [4.78, 5) is 0.156. The number of sulfone groups is 1. The minimum Gasteiger partial charge on any atom is -0.381 e. The summed E-state index contributed by atoms with van der Waals surface area (Å²) in [7, 11) is -5.13. The Labute approximate surface area is 119 Å². The second kappa shape index (κ2) is 5.71. The largest absolute Gasteiger partial charge is 0.381 e. The van der Waals surface area contributed by atoms with Gasteiger partial charge in [-0.25, -0.2) is 21.6 Å². The van der Waals surface area contributed by atoms with Crippen molar-refractivity contribution in [1.82, 2.24) is 4.72 Å². The van der Waals surface area contributed by atoms with Crippen LogP contribution in [0.5, 0.6) is 0 Å². The highest BCUT2D eigenvalue weighted by molar-refractivity contribution is 7.91. The molecule has 0 radical (unpaired) electrons. The molecule has 0 spiro atoms. The van der Waals surface area contributed by atoms with E-state index in [1.165, 1.54) is 19.2 Å². The monoisotopic (exact) mass is 318 g/mol. The first-order chi connectivity index (χ1) is 9.32. The Hall–Kier alpha value is -1.12. The number of hydrogen-bond donors (Lipinski definition) is 2. The van der Waals surface area contributed by atoms with Crippen LogP contribution < -0.4 is 10.0 Å². The van der Waals surface area contributed by atoms with Gasteiger partial charge in [0.15, 0.2) is 9.84 Å². The van der Waals surface area contributed by atoms with Gasteiger partial charge in [0.2, 0.25) is 10.0 Å². The van der Waals surface area contributed by atoms with Crippen molar-refractivity contribution in [2.75, 3.05) is 23.9 Å². The van der Waals surface area contributed by atoms with E-state index in [0.717, 1.165) is 6.42 Å². The Morgan fingerprint density at radius 3 is 2.70 bits per heavy atom. The van der Waals surface area contributed by atoms with E-state index in [1.807, 2.05) is 0 Å². The van der Waals surface area contributed by atoms with Crippen molar-refractivity contribution in [2.45, 2.75) is 23.8 Å². The molecule has 1 aromatic carbocycles. The van der Waals surface area contributed by atoms with Gasteiger partial charge in [0.25, 0.3) is 0 Å². The van der Waals surface area contributed by atoms with Gasteiger partial charge in [0, 0.05) is 11.7 Å². The Kier molecular flexibility index (Phi) is 4.36. The molecule has 2 N–H and O–H groups in total. The van der Waals surface area contributed by atoms with Crippen LogP contribution >= 0.6 is 0 Å². The van der Waals surface area contributed by atoms with Gasteiger partial charge < -0.3 is 5.32 Å². The van der Waals surface area contributed by atoms with Crippen molar-refractivity contribution in [1.29, 1.82) is 0 Å². The lowest BCUT2D eigenvalue weighted by Crippen LogP contribution is -2.34. The standard InChI is InChI=1S/C12H18N2O4S2/c1-13-20(17,18)12-6-2-4-10(8-12)14-11-5-3-7-19(15,16)9-11/h2,4,6,8,11,13-14H,3,5,7,9H2,1H3. The summed E-state index contributed by atoms with van der Waals surface area (Å²) in [6.45, 7) is 0. The first kappa shape index (κ1) is 15.3. The van der Waals surface area contributed by atoms with Gasteiger partial charge in [0.1, 0.15) is 0 Å². The van der Waals surface area contributed by atoms with Gasteiger partial charge in [-0.1, -0.05) is 6.07 Å². The van der Waals surface area contributed by atoms with Gasteiger partial charge in [0.05, 0.1) is 16.4 Å². The van der Waals surface area contributed by atoms with E-state index in [-0.39, 0.29) is 22.4 Å². The van der Waals surface area contributed by atoms with Gasteiger partial charge in [-0.2, -0.15) is 0 Å². The Morgan fingerprint density at radius 1 is 1.30 bits per heavy atom. The molecule has 1 fully saturated rings. The van der Waals surface area contributed by atoms with Crippen LogP contribution in [0.1, 0.15) is 12.8 Å². The molecule has 1 saturated heterocycles. The normalized spacial score (nSPS) is 22.4. The van der Waals surface area contributed by atoms with Crippen molar-refractivity contribution < 1.29 is 16.8 Å². The summed E-state index contributed by atoms with van der Waals surface area (Å²) < 4.78 is 48.8. The number of benzene rings is 1. The van der Waals surface area contributed by atoms with E-state index in [4.69, 9.17) is 0 Å². The van der Waals surface area contributed by atoms with E-state index in [2.05, 4.69) is 10.0 Å². The maximum Gasteiger partial charge on any atom is 0.240 e. The van der Waals surface area contributed by atoms with Crippen LogP contribution in [0.3, 0.4) is 0 Å². The Morgan fingerprint density at radius 2 is 2.05 bits per heavy atom. The topological polar surface area (TPSA) is 92.3 Å².